The summed E-state index contributed by atoms with van der Waals surface area (Å²) in [5.74, 6) is 1.72. The second-order valence-corrected chi connectivity index (χ2v) is 4.65. The molecule has 0 N–H and O–H groups in total. The summed E-state index contributed by atoms with van der Waals surface area (Å²) >= 11 is 0. The third-order valence-electron chi connectivity index (χ3n) is 2.93. The minimum Gasteiger partial charge on any atom is -0.0654 e. The van der Waals surface area contributed by atoms with Gasteiger partial charge in [-0.3, -0.25) is 0 Å². The summed E-state index contributed by atoms with van der Waals surface area (Å²) in [6, 6.07) is 0. The summed E-state index contributed by atoms with van der Waals surface area (Å²) in [6.07, 6.45) is 12.2. The van der Waals surface area contributed by atoms with Crippen LogP contribution in [0.3, 0.4) is 0 Å². The van der Waals surface area contributed by atoms with Crippen LogP contribution in [0.2, 0.25) is 0 Å². The van der Waals surface area contributed by atoms with Crippen molar-refractivity contribution in [1.82, 2.24) is 0 Å². The molecule has 1 atom stereocenters. The number of hydrogen-bond donors (Lipinski definition) is 0. The molecule has 1 unspecified atom stereocenters. The van der Waals surface area contributed by atoms with Crippen LogP contribution in [0.25, 0.3) is 0 Å². The van der Waals surface area contributed by atoms with E-state index in [0.717, 1.165) is 11.8 Å². The van der Waals surface area contributed by atoms with Gasteiger partial charge in [0.2, 0.25) is 0 Å². The van der Waals surface area contributed by atoms with Crippen molar-refractivity contribution in [3.05, 3.63) is 6.42 Å². The van der Waals surface area contributed by atoms with Crippen molar-refractivity contribution in [3.63, 3.8) is 0 Å². The van der Waals surface area contributed by atoms with Crippen molar-refractivity contribution in [2.24, 2.45) is 11.8 Å². The van der Waals surface area contributed by atoms with Crippen molar-refractivity contribution < 1.29 is 0 Å². The monoisotopic (exact) mass is 197 g/mol. The van der Waals surface area contributed by atoms with Gasteiger partial charge in [-0.15, -0.1) is 0 Å². The number of unbranched alkanes of at least 4 members (excludes halogenated alkanes) is 1. The van der Waals surface area contributed by atoms with E-state index in [4.69, 9.17) is 0 Å². The zero-order valence-corrected chi connectivity index (χ0v) is 10.7. The lowest BCUT2D eigenvalue weighted by Crippen LogP contribution is -2.07. The average Bonchev–Trinajstić information content (AvgIpc) is 2.15. The second-order valence-electron chi connectivity index (χ2n) is 4.65. The SMILES string of the molecule is CCCCC(C)[CH]C(CCC)CCC. The largest absolute Gasteiger partial charge is 0.0654 e. The Kier molecular flexibility index (Phi) is 9.55. The number of hydrogen-bond acceptors (Lipinski definition) is 0. The molecule has 0 aliphatic carbocycles. The summed E-state index contributed by atoms with van der Waals surface area (Å²) in [6.45, 7) is 9.26. The van der Waals surface area contributed by atoms with Crippen LogP contribution in [0.5, 0.6) is 0 Å². The highest BCUT2D eigenvalue weighted by molar-refractivity contribution is 4.80. The summed E-state index contributed by atoms with van der Waals surface area (Å²) in [4.78, 5) is 0. The summed E-state index contributed by atoms with van der Waals surface area (Å²) in [5.41, 5.74) is 0. The molecule has 0 aromatic heterocycles. The Hall–Kier alpha value is 0. The van der Waals surface area contributed by atoms with Crippen molar-refractivity contribution >= 4 is 0 Å². The van der Waals surface area contributed by atoms with Gasteiger partial charge in [-0.25, -0.2) is 0 Å². The molecule has 14 heavy (non-hydrogen) atoms. The van der Waals surface area contributed by atoms with Crippen LogP contribution in [0.1, 0.15) is 72.6 Å². The van der Waals surface area contributed by atoms with E-state index in [9.17, 15) is 0 Å². The fourth-order valence-corrected chi connectivity index (χ4v) is 2.17. The van der Waals surface area contributed by atoms with E-state index in [0.29, 0.717) is 0 Å². The second kappa shape index (κ2) is 9.55. The summed E-state index contributed by atoms with van der Waals surface area (Å²) in [7, 11) is 0. The molecule has 0 nitrogen and oxygen atoms in total. The van der Waals surface area contributed by atoms with E-state index in [-0.39, 0.29) is 0 Å². The predicted octanol–water partition coefficient (Wildman–Crippen LogP) is 5.23. The van der Waals surface area contributed by atoms with Crippen molar-refractivity contribution in [3.8, 4) is 0 Å². The van der Waals surface area contributed by atoms with Crippen LogP contribution in [0.15, 0.2) is 0 Å². The van der Waals surface area contributed by atoms with Gasteiger partial charge >= 0.3 is 0 Å². The van der Waals surface area contributed by atoms with E-state index >= 15 is 0 Å². The maximum absolute atomic E-state index is 2.61. The highest BCUT2D eigenvalue weighted by Crippen LogP contribution is 2.23. The predicted molar refractivity (Wildman–Crippen MR) is 66.3 cm³/mol. The van der Waals surface area contributed by atoms with Crippen molar-refractivity contribution in [2.75, 3.05) is 0 Å². The van der Waals surface area contributed by atoms with Gasteiger partial charge in [0.05, 0.1) is 0 Å². The quantitative estimate of drug-likeness (QED) is 0.474. The minimum absolute atomic E-state index is 0.832. The lowest BCUT2D eigenvalue weighted by molar-refractivity contribution is 0.425. The average molecular weight is 197 g/mol. The maximum Gasteiger partial charge on any atom is -0.0326 e. The van der Waals surface area contributed by atoms with Crippen LogP contribution in [0, 0.1) is 18.3 Å². The third-order valence-corrected chi connectivity index (χ3v) is 2.93. The normalized spacial score (nSPS) is 13.5. The molecule has 0 aliphatic heterocycles. The first-order valence-electron chi connectivity index (χ1n) is 6.59. The zero-order chi connectivity index (χ0) is 10.8. The van der Waals surface area contributed by atoms with Crippen molar-refractivity contribution in [1.29, 1.82) is 0 Å². The standard InChI is InChI=1S/C14H29/c1-5-8-11-13(4)12-14(9-6-2)10-7-3/h12-14H,5-11H2,1-4H3. The first-order chi connectivity index (χ1) is 6.74. The Morgan fingerprint density at radius 2 is 1.43 bits per heavy atom. The molecule has 0 bridgehead atoms. The van der Waals surface area contributed by atoms with Crippen LogP contribution < -0.4 is 0 Å². The molecule has 85 valence electrons. The van der Waals surface area contributed by atoms with E-state index in [1.54, 1.807) is 0 Å². The molecule has 0 spiro atoms. The molecular weight excluding hydrogens is 168 g/mol. The van der Waals surface area contributed by atoms with Gasteiger partial charge < -0.3 is 0 Å². The zero-order valence-electron chi connectivity index (χ0n) is 10.7. The molecule has 0 saturated carbocycles. The van der Waals surface area contributed by atoms with Gasteiger partial charge in [0.25, 0.3) is 0 Å². The van der Waals surface area contributed by atoms with Crippen molar-refractivity contribution in [2.45, 2.75) is 72.6 Å². The van der Waals surface area contributed by atoms with E-state index in [2.05, 4.69) is 34.1 Å². The molecule has 0 rings (SSSR count). The van der Waals surface area contributed by atoms with E-state index < -0.39 is 0 Å². The van der Waals surface area contributed by atoms with Gasteiger partial charge in [0.15, 0.2) is 0 Å². The Labute approximate surface area is 91.5 Å². The van der Waals surface area contributed by atoms with Gasteiger partial charge in [-0.1, -0.05) is 72.6 Å². The smallest absolute Gasteiger partial charge is 0.0326 e. The highest BCUT2D eigenvalue weighted by Gasteiger charge is 2.11. The van der Waals surface area contributed by atoms with Crippen LogP contribution in [-0.2, 0) is 0 Å². The lowest BCUT2D eigenvalue weighted by Gasteiger charge is -2.19. The Balaban J connectivity index is 3.64. The van der Waals surface area contributed by atoms with Gasteiger partial charge in [0.1, 0.15) is 0 Å². The molecule has 0 aromatic carbocycles. The molecule has 0 amide bonds. The van der Waals surface area contributed by atoms with Crippen LogP contribution >= 0.6 is 0 Å². The topological polar surface area (TPSA) is 0 Å². The number of rotatable bonds is 9. The summed E-state index contributed by atoms with van der Waals surface area (Å²) < 4.78 is 0. The Morgan fingerprint density at radius 1 is 0.857 bits per heavy atom. The first kappa shape index (κ1) is 14.0. The molecule has 0 fully saturated rings. The molecule has 0 aliphatic rings. The Bertz CT molecular complexity index is 101. The fraction of sp³-hybridized carbons (Fsp3) is 0.929. The van der Waals surface area contributed by atoms with Gasteiger partial charge in [-0.05, 0) is 18.3 Å². The summed E-state index contributed by atoms with van der Waals surface area (Å²) in [5, 5.41) is 0. The van der Waals surface area contributed by atoms with E-state index in [1.807, 2.05) is 0 Å². The highest BCUT2D eigenvalue weighted by atomic mass is 14.2. The fourth-order valence-electron chi connectivity index (χ4n) is 2.17. The molecule has 0 heteroatoms. The van der Waals surface area contributed by atoms with Gasteiger partial charge in [0, 0.05) is 0 Å². The molecule has 0 heterocycles. The maximum atomic E-state index is 2.61. The van der Waals surface area contributed by atoms with Gasteiger partial charge in [-0.2, -0.15) is 0 Å². The van der Waals surface area contributed by atoms with Crippen LogP contribution in [-0.4, -0.2) is 0 Å². The molecule has 0 aromatic rings. The van der Waals surface area contributed by atoms with Crippen LogP contribution in [0.4, 0.5) is 0 Å². The molecule has 0 saturated heterocycles. The lowest BCUT2D eigenvalue weighted by atomic mass is 9.86. The molecular formula is C14H29. The molecule has 1 radical (unpaired) electrons. The Morgan fingerprint density at radius 3 is 1.86 bits per heavy atom. The third kappa shape index (κ3) is 7.41. The minimum atomic E-state index is 0.832. The van der Waals surface area contributed by atoms with E-state index in [1.165, 1.54) is 44.9 Å². The first-order valence-corrected chi connectivity index (χ1v) is 6.59.